The Morgan fingerprint density at radius 3 is 2.26 bits per heavy atom. The van der Waals surface area contributed by atoms with Crippen LogP contribution in [0.2, 0.25) is 0 Å². The summed E-state index contributed by atoms with van der Waals surface area (Å²) in [6.45, 7) is 2.31. The number of hydrogen-bond donors (Lipinski definition) is 3. The van der Waals surface area contributed by atoms with E-state index in [9.17, 15) is 14.4 Å². The molecule has 3 N–H and O–H groups in total. The summed E-state index contributed by atoms with van der Waals surface area (Å²) in [4.78, 5) is 34.2. The lowest BCUT2D eigenvalue weighted by Crippen LogP contribution is -2.25. The van der Waals surface area contributed by atoms with Gasteiger partial charge in [-0.15, -0.1) is 0 Å². The third-order valence-corrected chi connectivity index (χ3v) is 3.67. The molecule has 0 heterocycles. The average molecular weight is 370 g/mol. The van der Waals surface area contributed by atoms with Gasteiger partial charge in [0.15, 0.2) is 0 Å². The fourth-order valence-corrected chi connectivity index (χ4v) is 2.21. The maximum atomic E-state index is 12.0. The number of nitrogens with one attached hydrogen (secondary N) is 2. The van der Waals surface area contributed by atoms with Gasteiger partial charge in [0.2, 0.25) is 5.91 Å². The van der Waals surface area contributed by atoms with Crippen molar-refractivity contribution in [3.8, 4) is 5.75 Å². The molecule has 0 bridgehead atoms. The third-order valence-electron chi connectivity index (χ3n) is 3.67. The van der Waals surface area contributed by atoms with Gasteiger partial charge in [-0.25, -0.2) is 0 Å². The Morgan fingerprint density at radius 2 is 1.63 bits per heavy atom. The number of carboxylic acid groups (broad SMARTS) is 1. The fraction of sp³-hybridized carbons (Fsp3) is 0.250. The largest absolute Gasteiger partial charge is 0.493 e. The van der Waals surface area contributed by atoms with E-state index in [0.29, 0.717) is 17.0 Å². The molecule has 0 radical (unpaired) electrons. The van der Waals surface area contributed by atoms with Crippen molar-refractivity contribution in [2.45, 2.75) is 19.8 Å². The molecule has 0 aliphatic heterocycles. The molecule has 7 heteroatoms. The van der Waals surface area contributed by atoms with Gasteiger partial charge in [-0.05, 0) is 43.3 Å². The van der Waals surface area contributed by atoms with Gasteiger partial charge in [0.25, 0.3) is 5.91 Å². The second kappa shape index (κ2) is 9.96. The zero-order chi connectivity index (χ0) is 19.6. The Kier molecular flexibility index (Phi) is 7.37. The molecule has 0 aromatic heterocycles. The Bertz CT molecular complexity index is 785. The summed E-state index contributed by atoms with van der Waals surface area (Å²) >= 11 is 0. The van der Waals surface area contributed by atoms with E-state index in [-0.39, 0.29) is 37.8 Å². The predicted molar refractivity (Wildman–Crippen MR) is 101 cm³/mol. The normalized spacial score (nSPS) is 10.1. The highest BCUT2D eigenvalue weighted by Gasteiger charge is 2.07. The van der Waals surface area contributed by atoms with E-state index >= 15 is 0 Å². The number of carbonyl (C=O) groups excluding carboxylic acids is 2. The van der Waals surface area contributed by atoms with Crippen LogP contribution in [0.4, 0.5) is 5.69 Å². The summed E-state index contributed by atoms with van der Waals surface area (Å²) in [6.07, 6.45) is 0.0653. The lowest BCUT2D eigenvalue weighted by molar-refractivity contribution is -0.136. The molecule has 2 amide bonds. The number of aliphatic carboxylic acids is 1. The maximum Gasteiger partial charge on any atom is 0.305 e. The van der Waals surface area contributed by atoms with Crippen LogP contribution in [0.5, 0.6) is 5.75 Å². The zero-order valence-electron chi connectivity index (χ0n) is 15.0. The van der Waals surface area contributed by atoms with Crippen LogP contribution in [0, 0.1) is 6.92 Å². The number of anilines is 1. The number of rotatable bonds is 9. The molecule has 0 fully saturated rings. The Morgan fingerprint density at radius 1 is 0.963 bits per heavy atom. The van der Waals surface area contributed by atoms with Crippen LogP contribution in [-0.2, 0) is 9.59 Å². The standard InChI is InChI=1S/C20H22N2O5/c1-14-2-8-17(9-3-14)27-13-11-18(23)22-16-6-4-15(5-7-16)20(26)21-12-10-19(24)25/h2-9H,10-13H2,1H3,(H,21,26)(H,22,23)(H,24,25). The van der Waals surface area contributed by atoms with Crippen LogP contribution in [0.25, 0.3) is 0 Å². The van der Waals surface area contributed by atoms with E-state index in [2.05, 4.69) is 10.6 Å². The predicted octanol–water partition coefficient (Wildman–Crippen LogP) is 2.61. The third kappa shape index (κ3) is 7.19. The highest BCUT2D eigenvalue weighted by Crippen LogP contribution is 2.13. The molecule has 0 aliphatic rings. The van der Waals surface area contributed by atoms with Gasteiger partial charge in [0.05, 0.1) is 19.4 Å². The van der Waals surface area contributed by atoms with Crippen LogP contribution in [0.15, 0.2) is 48.5 Å². The molecule has 2 aromatic rings. The molecule has 0 atom stereocenters. The molecule has 7 nitrogen and oxygen atoms in total. The van der Waals surface area contributed by atoms with E-state index in [1.807, 2.05) is 31.2 Å². The molecule has 2 rings (SSSR count). The number of benzene rings is 2. The lowest BCUT2D eigenvalue weighted by atomic mass is 10.2. The molecule has 0 saturated carbocycles. The maximum absolute atomic E-state index is 12.0. The average Bonchev–Trinajstić information content (AvgIpc) is 2.63. The van der Waals surface area contributed by atoms with E-state index in [1.165, 1.54) is 0 Å². The Hall–Kier alpha value is -3.35. The fourth-order valence-electron chi connectivity index (χ4n) is 2.21. The number of carboxylic acids is 1. The number of hydrogen-bond acceptors (Lipinski definition) is 4. The summed E-state index contributed by atoms with van der Waals surface area (Å²) in [5.41, 5.74) is 2.10. The molecule has 27 heavy (non-hydrogen) atoms. The van der Waals surface area contributed by atoms with E-state index in [1.54, 1.807) is 24.3 Å². The van der Waals surface area contributed by atoms with E-state index in [4.69, 9.17) is 9.84 Å². The van der Waals surface area contributed by atoms with Gasteiger partial charge in [-0.3, -0.25) is 14.4 Å². The van der Waals surface area contributed by atoms with Gasteiger partial charge in [0, 0.05) is 17.8 Å². The van der Waals surface area contributed by atoms with Crippen molar-refractivity contribution >= 4 is 23.5 Å². The summed E-state index contributed by atoms with van der Waals surface area (Å²) in [5.74, 6) is -0.812. The smallest absolute Gasteiger partial charge is 0.305 e. The first kappa shape index (κ1) is 20.0. The Balaban J connectivity index is 1.74. The number of carbonyl (C=O) groups is 3. The number of aryl methyl sites for hydroxylation is 1. The highest BCUT2D eigenvalue weighted by molar-refractivity contribution is 5.95. The molecular weight excluding hydrogens is 348 g/mol. The first-order chi connectivity index (χ1) is 12.9. The molecule has 0 spiro atoms. The topological polar surface area (TPSA) is 105 Å². The van der Waals surface area contributed by atoms with Crippen LogP contribution in [0.3, 0.4) is 0 Å². The second-order valence-electron chi connectivity index (χ2n) is 5.94. The Labute approximate surface area is 157 Å². The number of ether oxygens (including phenoxy) is 1. The summed E-state index contributed by atoms with van der Waals surface area (Å²) in [6, 6.07) is 13.9. The van der Waals surface area contributed by atoms with Crippen molar-refractivity contribution in [1.29, 1.82) is 0 Å². The lowest BCUT2D eigenvalue weighted by Gasteiger charge is -2.08. The van der Waals surface area contributed by atoms with Crippen LogP contribution < -0.4 is 15.4 Å². The van der Waals surface area contributed by atoms with Crippen molar-refractivity contribution in [2.24, 2.45) is 0 Å². The molecule has 0 unspecified atom stereocenters. The van der Waals surface area contributed by atoms with Crippen LogP contribution >= 0.6 is 0 Å². The first-order valence-electron chi connectivity index (χ1n) is 8.53. The van der Waals surface area contributed by atoms with Crippen molar-refractivity contribution in [1.82, 2.24) is 5.32 Å². The first-order valence-corrected chi connectivity index (χ1v) is 8.53. The summed E-state index contributed by atoms with van der Waals surface area (Å²) in [5, 5.41) is 13.8. The number of amides is 2. The van der Waals surface area contributed by atoms with Gasteiger partial charge in [-0.1, -0.05) is 17.7 Å². The van der Waals surface area contributed by atoms with Gasteiger partial charge in [0.1, 0.15) is 5.75 Å². The minimum absolute atomic E-state index is 0.0631. The molecule has 0 saturated heterocycles. The highest BCUT2D eigenvalue weighted by atomic mass is 16.5. The molecule has 142 valence electrons. The van der Waals surface area contributed by atoms with Gasteiger partial charge in [-0.2, -0.15) is 0 Å². The van der Waals surface area contributed by atoms with E-state index in [0.717, 1.165) is 5.56 Å². The second-order valence-corrected chi connectivity index (χ2v) is 5.94. The van der Waals surface area contributed by atoms with E-state index < -0.39 is 5.97 Å². The van der Waals surface area contributed by atoms with Crippen molar-refractivity contribution < 1.29 is 24.2 Å². The van der Waals surface area contributed by atoms with Gasteiger partial charge >= 0.3 is 5.97 Å². The van der Waals surface area contributed by atoms with Gasteiger partial charge < -0.3 is 20.5 Å². The quantitative estimate of drug-likeness (QED) is 0.629. The SMILES string of the molecule is Cc1ccc(OCCC(=O)Nc2ccc(C(=O)NCCC(=O)O)cc2)cc1. The van der Waals surface area contributed by atoms with Crippen LogP contribution in [0.1, 0.15) is 28.8 Å². The summed E-state index contributed by atoms with van der Waals surface area (Å²) < 4.78 is 5.52. The minimum atomic E-state index is -0.972. The molecular formula is C20H22N2O5. The van der Waals surface area contributed by atoms with Crippen molar-refractivity contribution in [2.75, 3.05) is 18.5 Å². The molecule has 0 aliphatic carbocycles. The van der Waals surface area contributed by atoms with Crippen molar-refractivity contribution in [3.05, 3.63) is 59.7 Å². The van der Waals surface area contributed by atoms with Crippen molar-refractivity contribution in [3.63, 3.8) is 0 Å². The zero-order valence-corrected chi connectivity index (χ0v) is 15.0. The minimum Gasteiger partial charge on any atom is -0.493 e. The monoisotopic (exact) mass is 370 g/mol. The molecule has 2 aromatic carbocycles. The van der Waals surface area contributed by atoms with Crippen LogP contribution in [-0.4, -0.2) is 36.0 Å². The summed E-state index contributed by atoms with van der Waals surface area (Å²) in [7, 11) is 0.